The van der Waals surface area contributed by atoms with Gasteiger partial charge >= 0.3 is 11.9 Å². The van der Waals surface area contributed by atoms with E-state index in [1.807, 2.05) is 0 Å². The first-order valence-corrected chi connectivity index (χ1v) is 6.08. The van der Waals surface area contributed by atoms with Crippen LogP contribution in [-0.2, 0) is 14.3 Å². The Bertz CT molecular complexity index is 533. The molecule has 1 aromatic heterocycles. The van der Waals surface area contributed by atoms with Crippen LogP contribution in [0.25, 0.3) is 0 Å². The summed E-state index contributed by atoms with van der Waals surface area (Å²) in [5.41, 5.74) is -1.12. The predicted molar refractivity (Wildman–Crippen MR) is 65.2 cm³/mol. The Morgan fingerprint density at radius 3 is 2.67 bits per heavy atom. The van der Waals surface area contributed by atoms with Crippen molar-refractivity contribution in [3.63, 3.8) is 0 Å². The van der Waals surface area contributed by atoms with E-state index in [0.717, 1.165) is 0 Å². The Morgan fingerprint density at radius 1 is 1.39 bits per heavy atom. The molecule has 18 heavy (non-hydrogen) atoms. The largest absolute Gasteiger partial charge is 0.465 e. The number of carbonyl (C=O) groups excluding carboxylic acids is 2. The van der Waals surface area contributed by atoms with Crippen molar-refractivity contribution in [2.45, 2.75) is 19.8 Å². The van der Waals surface area contributed by atoms with Crippen LogP contribution in [0, 0.1) is 10.1 Å². The lowest BCUT2D eigenvalue weighted by Gasteiger charge is -2.13. The summed E-state index contributed by atoms with van der Waals surface area (Å²) in [6.07, 6.45) is 2.46. The summed E-state index contributed by atoms with van der Waals surface area (Å²) >= 11 is 5.00. The van der Waals surface area contributed by atoms with Gasteiger partial charge in [-0.25, -0.2) is 4.79 Å². The van der Waals surface area contributed by atoms with Crippen LogP contribution < -0.4 is 4.84 Å². The van der Waals surface area contributed by atoms with Gasteiger partial charge in [0, 0.05) is 6.20 Å². The molecule has 1 heterocycles. The van der Waals surface area contributed by atoms with E-state index in [4.69, 9.17) is 21.8 Å². The molecule has 0 aromatic carbocycles. The number of carbonyl (C=O) groups is 2. The van der Waals surface area contributed by atoms with Crippen LogP contribution in [0.3, 0.4) is 0 Å². The summed E-state index contributed by atoms with van der Waals surface area (Å²) in [6, 6.07) is 5.06. The van der Waals surface area contributed by atoms with Crippen molar-refractivity contribution >= 4 is 24.2 Å². The van der Waals surface area contributed by atoms with Crippen molar-refractivity contribution < 1.29 is 19.2 Å². The molecule has 1 saturated carbocycles. The Hall–Kier alpha value is -1.69. The SMILES string of the molecule is CCOC(=O)C1(C(=O)On2ccccc2=S)CC1. The van der Waals surface area contributed by atoms with Crippen LogP contribution in [0.1, 0.15) is 19.8 Å². The van der Waals surface area contributed by atoms with E-state index in [-0.39, 0.29) is 6.61 Å². The lowest BCUT2D eigenvalue weighted by Crippen LogP contribution is -2.35. The Labute approximate surface area is 109 Å². The average molecular weight is 267 g/mol. The van der Waals surface area contributed by atoms with Gasteiger partial charge in [-0.3, -0.25) is 4.79 Å². The van der Waals surface area contributed by atoms with Gasteiger partial charge in [-0.05, 0) is 31.9 Å². The predicted octanol–water partition coefficient (Wildman–Crippen LogP) is 1.52. The van der Waals surface area contributed by atoms with Crippen molar-refractivity contribution in [3.8, 4) is 0 Å². The van der Waals surface area contributed by atoms with Crippen LogP contribution in [-0.4, -0.2) is 23.3 Å². The fourth-order valence-corrected chi connectivity index (χ4v) is 1.73. The third kappa shape index (κ3) is 2.28. The van der Waals surface area contributed by atoms with Gasteiger partial charge in [0.2, 0.25) is 0 Å². The van der Waals surface area contributed by atoms with E-state index in [1.165, 1.54) is 10.9 Å². The maximum Gasteiger partial charge on any atom is 0.350 e. The number of rotatable bonds is 4. The first-order valence-electron chi connectivity index (χ1n) is 5.68. The summed E-state index contributed by atoms with van der Waals surface area (Å²) in [5, 5.41) is 0. The molecular formula is C12H13NO4S. The average Bonchev–Trinajstić information content (AvgIpc) is 3.14. The highest BCUT2D eigenvalue weighted by atomic mass is 32.1. The van der Waals surface area contributed by atoms with Crippen LogP contribution >= 0.6 is 12.2 Å². The zero-order valence-electron chi connectivity index (χ0n) is 9.92. The van der Waals surface area contributed by atoms with Gasteiger partial charge < -0.3 is 9.57 Å². The standard InChI is InChI=1S/C12H13NO4S/c1-2-16-10(14)12(6-7-12)11(15)17-13-8-4-3-5-9(13)18/h3-5,8H,2,6-7H2,1H3. The lowest BCUT2D eigenvalue weighted by atomic mass is 10.1. The number of nitrogens with zero attached hydrogens (tertiary/aromatic N) is 1. The van der Waals surface area contributed by atoms with Crippen LogP contribution in [0.2, 0.25) is 0 Å². The molecule has 96 valence electrons. The monoisotopic (exact) mass is 267 g/mol. The molecule has 0 bridgehead atoms. The van der Waals surface area contributed by atoms with Gasteiger partial charge in [0.1, 0.15) is 4.64 Å². The Kier molecular flexibility index (Phi) is 3.47. The van der Waals surface area contributed by atoms with Crippen molar-refractivity contribution in [1.29, 1.82) is 0 Å². The fourth-order valence-electron chi connectivity index (χ4n) is 1.55. The molecule has 0 N–H and O–H groups in total. The summed E-state index contributed by atoms with van der Waals surface area (Å²) in [4.78, 5) is 28.8. The minimum absolute atomic E-state index is 0.249. The molecule has 0 spiro atoms. The first-order chi connectivity index (χ1) is 8.60. The van der Waals surface area contributed by atoms with E-state index in [1.54, 1.807) is 25.1 Å². The molecule has 2 rings (SSSR count). The molecule has 0 unspecified atom stereocenters. The first kappa shape index (κ1) is 12.8. The molecule has 5 nitrogen and oxygen atoms in total. The molecule has 0 aliphatic heterocycles. The molecule has 1 aliphatic rings. The van der Waals surface area contributed by atoms with Crippen molar-refractivity contribution in [2.75, 3.05) is 6.61 Å². The Balaban J connectivity index is 2.12. The highest BCUT2D eigenvalue weighted by Crippen LogP contribution is 2.47. The van der Waals surface area contributed by atoms with E-state index in [9.17, 15) is 9.59 Å². The topological polar surface area (TPSA) is 57.5 Å². The van der Waals surface area contributed by atoms with Gasteiger partial charge in [-0.2, -0.15) is 4.73 Å². The molecular weight excluding hydrogens is 254 g/mol. The summed E-state index contributed by atoms with van der Waals surface area (Å²) < 4.78 is 6.43. The summed E-state index contributed by atoms with van der Waals surface area (Å²) in [6.45, 7) is 1.95. The van der Waals surface area contributed by atoms with Gasteiger partial charge in [-0.1, -0.05) is 18.3 Å². The van der Waals surface area contributed by atoms with Crippen molar-refractivity contribution in [2.24, 2.45) is 5.41 Å². The number of hydrogen-bond acceptors (Lipinski definition) is 5. The molecule has 6 heteroatoms. The zero-order chi connectivity index (χ0) is 13.2. The van der Waals surface area contributed by atoms with Gasteiger partial charge in [0.15, 0.2) is 5.41 Å². The fraction of sp³-hybridized carbons (Fsp3) is 0.417. The van der Waals surface area contributed by atoms with E-state index < -0.39 is 17.4 Å². The van der Waals surface area contributed by atoms with Crippen LogP contribution in [0.4, 0.5) is 0 Å². The molecule has 1 aliphatic carbocycles. The normalized spacial score (nSPS) is 15.8. The molecule has 0 amide bonds. The number of esters is 1. The smallest absolute Gasteiger partial charge is 0.350 e. The third-order valence-electron chi connectivity index (χ3n) is 2.78. The number of hydrogen-bond donors (Lipinski definition) is 0. The number of pyridine rings is 1. The minimum Gasteiger partial charge on any atom is -0.465 e. The molecule has 0 atom stereocenters. The number of ether oxygens (including phenoxy) is 1. The highest BCUT2D eigenvalue weighted by Gasteiger charge is 2.60. The second kappa shape index (κ2) is 4.89. The molecule has 1 fully saturated rings. The van der Waals surface area contributed by atoms with Crippen molar-refractivity contribution in [3.05, 3.63) is 29.0 Å². The maximum atomic E-state index is 12.0. The zero-order valence-corrected chi connectivity index (χ0v) is 10.7. The number of aromatic nitrogens is 1. The molecule has 0 saturated heterocycles. The van der Waals surface area contributed by atoms with Gasteiger partial charge in [0.25, 0.3) is 0 Å². The van der Waals surface area contributed by atoms with Crippen LogP contribution in [0.15, 0.2) is 24.4 Å². The summed E-state index contributed by atoms with van der Waals surface area (Å²) in [5.74, 6) is -1.12. The summed E-state index contributed by atoms with van der Waals surface area (Å²) in [7, 11) is 0. The maximum absolute atomic E-state index is 12.0. The van der Waals surface area contributed by atoms with Crippen molar-refractivity contribution in [1.82, 2.24) is 4.73 Å². The minimum atomic E-state index is -1.12. The van der Waals surface area contributed by atoms with Gasteiger partial charge in [0.05, 0.1) is 6.61 Å². The highest BCUT2D eigenvalue weighted by molar-refractivity contribution is 7.71. The third-order valence-corrected chi connectivity index (χ3v) is 3.09. The second-order valence-electron chi connectivity index (χ2n) is 4.05. The quantitative estimate of drug-likeness (QED) is 0.470. The molecule has 1 aromatic rings. The molecule has 0 radical (unpaired) electrons. The second-order valence-corrected chi connectivity index (χ2v) is 4.46. The Morgan fingerprint density at radius 2 is 2.11 bits per heavy atom. The van der Waals surface area contributed by atoms with E-state index in [2.05, 4.69) is 0 Å². The van der Waals surface area contributed by atoms with Gasteiger partial charge in [-0.15, -0.1) is 0 Å². The van der Waals surface area contributed by atoms with E-state index in [0.29, 0.717) is 17.5 Å². The van der Waals surface area contributed by atoms with Crippen LogP contribution in [0.5, 0.6) is 0 Å². The van der Waals surface area contributed by atoms with E-state index >= 15 is 0 Å². The lowest BCUT2D eigenvalue weighted by molar-refractivity contribution is -0.164.